The molecule has 0 atom stereocenters. The molecule has 0 aliphatic rings. The molecule has 3 nitrogen and oxygen atoms in total. The Morgan fingerprint density at radius 1 is 1.18 bits per heavy atom. The van der Waals surface area contributed by atoms with Crippen LogP contribution in [-0.4, -0.2) is 12.3 Å². The van der Waals surface area contributed by atoms with E-state index in [0.29, 0.717) is 11.8 Å². The van der Waals surface area contributed by atoms with Crippen LogP contribution in [0.4, 0.5) is 5.69 Å². The molecule has 0 aliphatic carbocycles. The summed E-state index contributed by atoms with van der Waals surface area (Å²) in [7, 11) is 1.55. The van der Waals surface area contributed by atoms with E-state index in [2.05, 4.69) is 31.3 Å². The summed E-state index contributed by atoms with van der Waals surface area (Å²) < 4.78 is 11.0. The molecule has 4 heteroatoms. The molecule has 0 unspecified atom stereocenters. The number of benzene rings is 2. The summed E-state index contributed by atoms with van der Waals surface area (Å²) in [5.41, 5.74) is 4.40. The minimum atomic E-state index is 0.343. The average molecular weight is 315 g/mol. The monoisotopic (exact) mass is 315 g/mol. The zero-order valence-corrected chi connectivity index (χ0v) is 14.0. The van der Waals surface area contributed by atoms with Crippen molar-refractivity contribution in [2.75, 3.05) is 12.4 Å². The summed E-state index contributed by atoms with van der Waals surface area (Å²) in [6.45, 7) is 4.69. The number of rotatable bonds is 5. The minimum absolute atomic E-state index is 0.343. The van der Waals surface area contributed by atoms with Gasteiger partial charge in [-0.25, -0.2) is 0 Å². The molecule has 0 saturated heterocycles. The first-order valence-electron chi connectivity index (χ1n) is 7.29. The van der Waals surface area contributed by atoms with Gasteiger partial charge in [0.05, 0.1) is 7.11 Å². The number of methoxy groups -OCH3 is 1. The molecule has 116 valence electrons. The molecule has 0 saturated carbocycles. The van der Waals surface area contributed by atoms with Crippen molar-refractivity contribution >= 4 is 23.1 Å². The first-order chi connectivity index (χ1) is 10.6. The predicted octanol–water partition coefficient (Wildman–Crippen LogP) is 4.48. The van der Waals surface area contributed by atoms with E-state index in [1.54, 1.807) is 7.11 Å². The molecule has 0 aliphatic heterocycles. The zero-order chi connectivity index (χ0) is 15.9. The van der Waals surface area contributed by atoms with Gasteiger partial charge in [-0.2, -0.15) is 0 Å². The fraction of sp³-hybridized carbons (Fsp3) is 0.278. The highest BCUT2D eigenvalue weighted by atomic mass is 32.1. The quantitative estimate of drug-likeness (QED) is 0.824. The van der Waals surface area contributed by atoms with E-state index in [4.69, 9.17) is 21.7 Å². The lowest BCUT2D eigenvalue weighted by molar-refractivity contribution is 0.304. The van der Waals surface area contributed by atoms with Crippen LogP contribution in [0.3, 0.4) is 0 Å². The van der Waals surface area contributed by atoms with Gasteiger partial charge in [-0.15, -0.1) is 0 Å². The number of ether oxygens (including phenoxy) is 2. The van der Waals surface area contributed by atoms with Crippen molar-refractivity contribution in [3.63, 3.8) is 0 Å². The molecule has 2 rings (SSSR count). The van der Waals surface area contributed by atoms with Gasteiger partial charge in [0.15, 0.2) is 0 Å². The Labute approximate surface area is 137 Å². The van der Waals surface area contributed by atoms with E-state index in [-0.39, 0.29) is 0 Å². The molecule has 0 amide bonds. The Balaban J connectivity index is 2.10. The third-order valence-electron chi connectivity index (χ3n) is 3.47. The third-order valence-corrected chi connectivity index (χ3v) is 3.74. The van der Waals surface area contributed by atoms with Crippen molar-refractivity contribution in [2.45, 2.75) is 26.9 Å². The second-order valence-corrected chi connectivity index (χ2v) is 5.39. The summed E-state index contributed by atoms with van der Waals surface area (Å²) in [4.78, 5) is 0. The van der Waals surface area contributed by atoms with E-state index < -0.39 is 0 Å². The van der Waals surface area contributed by atoms with Crippen molar-refractivity contribution in [1.82, 2.24) is 0 Å². The van der Waals surface area contributed by atoms with Crippen molar-refractivity contribution < 1.29 is 9.47 Å². The van der Waals surface area contributed by atoms with Crippen LogP contribution < -0.4 is 10.1 Å². The molecule has 1 N–H and O–H groups in total. The fourth-order valence-corrected chi connectivity index (χ4v) is 2.29. The summed E-state index contributed by atoms with van der Waals surface area (Å²) in [5, 5.41) is 3.40. The van der Waals surface area contributed by atoms with E-state index in [1.807, 2.05) is 30.3 Å². The Hall–Kier alpha value is -2.07. The standard InChI is InChI=1S/C18H21NO2S/c1-4-14-9-10-17(13(2)11-14)21-12-15-7-5-6-8-16(15)19-18(22)20-3/h5-11H,4,12H2,1-3H3,(H,19,22). The first-order valence-corrected chi connectivity index (χ1v) is 7.70. The number of hydrogen-bond donors (Lipinski definition) is 1. The van der Waals surface area contributed by atoms with E-state index in [9.17, 15) is 0 Å². The van der Waals surface area contributed by atoms with Gasteiger partial charge >= 0.3 is 0 Å². The first kappa shape index (κ1) is 16.3. The maximum atomic E-state index is 5.95. The minimum Gasteiger partial charge on any atom is -0.489 e. The molecule has 0 fully saturated rings. The maximum Gasteiger partial charge on any atom is 0.260 e. The van der Waals surface area contributed by atoms with Crippen LogP contribution in [0.25, 0.3) is 0 Å². The molecule has 0 radical (unpaired) electrons. The summed E-state index contributed by atoms with van der Waals surface area (Å²) >= 11 is 5.05. The van der Waals surface area contributed by atoms with Gasteiger partial charge in [0.25, 0.3) is 5.17 Å². The molecule has 0 spiro atoms. The molecule has 0 bridgehead atoms. The lowest BCUT2D eigenvalue weighted by atomic mass is 10.1. The van der Waals surface area contributed by atoms with Crippen molar-refractivity contribution in [1.29, 1.82) is 0 Å². The van der Waals surface area contributed by atoms with Crippen LogP contribution in [0.1, 0.15) is 23.6 Å². The van der Waals surface area contributed by atoms with Crippen LogP contribution >= 0.6 is 12.2 Å². The average Bonchev–Trinajstić information content (AvgIpc) is 2.54. The van der Waals surface area contributed by atoms with Gasteiger partial charge in [0.2, 0.25) is 0 Å². The molecule has 2 aromatic carbocycles. The van der Waals surface area contributed by atoms with Crippen LogP contribution in [-0.2, 0) is 17.8 Å². The van der Waals surface area contributed by atoms with Gasteiger partial charge in [-0.1, -0.05) is 37.3 Å². The van der Waals surface area contributed by atoms with E-state index in [0.717, 1.165) is 29.0 Å². The number of para-hydroxylation sites is 1. The Bertz CT molecular complexity index is 655. The van der Waals surface area contributed by atoms with E-state index in [1.165, 1.54) is 5.56 Å². The number of hydrogen-bond acceptors (Lipinski definition) is 3. The summed E-state index contributed by atoms with van der Waals surface area (Å²) in [6, 6.07) is 14.2. The molecule has 0 heterocycles. The van der Waals surface area contributed by atoms with Crippen molar-refractivity contribution in [2.24, 2.45) is 0 Å². The van der Waals surface area contributed by atoms with Crippen LogP contribution in [0.2, 0.25) is 0 Å². The largest absolute Gasteiger partial charge is 0.489 e. The molecular weight excluding hydrogens is 294 g/mol. The Morgan fingerprint density at radius 3 is 2.64 bits per heavy atom. The number of thiocarbonyl (C=S) groups is 1. The lowest BCUT2D eigenvalue weighted by Crippen LogP contribution is -2.12. The summed E-state index contributed by atoms with van der Waals surface area (Å²) in [6.07, 6.45) is 1.03. The second-order valence-electron chi connectivity index (χ2n) is 5.02. The van der Waals surface area contributed by atoms with Crippen LogP contribution in [0.15, 0.2) is 42.5 Å². The normalized spacial score (nSPS) is 10.1. The Morgan fingerprint density at radius 2 is 1.95 bits per heavy atom. The molecular formula is C18H21NO2S. The Kier molecular flexibility index (Phi) is 5.78. The maximum absolute atomic E-state index is 5.95. The highest BCUT2D eigenvalue weighted by molar-refractivity contribution is 7.80. The van der Waals surface area contributed by atoms with Gasteiger partial charge in [-0.3, -0.25) is 0 Å². The van der Waals surface area contributed by atoms with Gasteiger partial charge in [0, 0.05) is 11.3 Å². The smallest absolute Gasteiger partial charge is 0.260 e. The zero-order valence-electron chi connectivity index (χ0n) is 13.2. The van der Waals surface area contributed by atoms with Gasteiger partial charge in [0.1, 0.15) is 12.4 Å². The highest BCUT2D eigenvalue weighted by Crippen LogP contribution is 2.23. The van der Waals surface area contributed by atoms with Gasteiger partial charge < -0.3 is 14.8 Å². The molecule has 0 aromatic heterocycles. The van der Waals surface area contributed by atoms with Crippen molar-refractivity contribution in [3.05, 3.63) is 59.2 Å². The van der Waals surface area contributed by atoms with Gasteiger partial charge in [-0.05, 0) is 48.8 Å². The van der Waals surface area contributed by atoms with Crippen LogP contribution in [0, 0.1) is 6.92 Å². The number of nitrogens with one attached hydrogen (secondary N) is 1. The third kappa shape index (κ3) is 4.21. The molecule has 22 heavy (non-hydrogen) atoms. The van der Waals surface area contributed by atoms with E-state index >= 15 is 0 Å². The van der Waals surface area contributed by atoms with Crippen LogP contribution in [0.5, 0.6) is 5.75 Å². The number of anilines is 1. The second kappa shape index (κ2) is 7.80. The predicted molar refractivity (Wildman–Crippen MR) is 94.6 cm³/mol. The SMILES string of the molecule is CCc1ccc(OCc2ccccc2NC(=S)OC)c(C)c1. The number of aryl methyl sites for hydroxylation is 2. The lowest BCUT2D eigenvalue weighted by Gasteiger charge is -2.14. The fourth-order valence-electron chi connectivity index (χ4n) is 2.18. The topological polar surface area (TPSA) is 30.5 Å². The highest BCUT2D eigenvalue weighted by Gasteiger charge is 2.06. The van der Waals surface area contributed by atoms with Crippen molar-refractivity contribution in [3.8, 4) is 5.75 Å². The molecule has 2 aromatic rings. The summed E-state index contributed by atoms with van der Waals surface area (Å²) in [5.74, 6) is 0.904.